The Balaban J connectivity index is 1.71. The first-order valence-corrected chi connectivity index (χ1v) is 14.5. The molecule has 0 saturated carbocycles. The first-order valence-electron chi connectivity index (χ1n) is 14.1. The van der Waals surface area contributed by atoms with Gasteiger partial charge in [0.25, 0.3) is 0 Å². The minimum absolute atomic E-state index is 0.772. The summed E-state index contributed by atoms with van der Waals surface area (Å²) >= 11 is 5.69. The van der Waals surface area contributed by atoms with Gasteiger partial charge in [-0.15, -0.1) is 0 Å². The van der Waals surface area contributed by atoms with Gasteiger partial charge in [-0.1, -0.05) is 140 Å². The molecule has 0 aliphatic carbocycles. The number of allylic oxidation sites excluding steroid dienone is 1. The van der Waals surface area contributed by atoms with Gasteiger partial charge in [-0.25, -0.2) is 0 Å². The molecule has 0 atom stereocenters. The van der Waals surface area contributed by atoms with E-state index in [2.05, 4.69) is 69.3 Å². The standard InChI is InChI=1S/C33H48OS/c1-4-5-6-7-8-9-10-11-12-15-27-34-32-20-14-13-19-30(32)25-26-33(35)31-23-21-29(22-24-31)18-16-17-28(2)3/h13-14,19-26,28H,4-12,15-18,27H2,1-3H3. The van der Waals surface area contributed by atoms with Crippen LogP contribution in [0.4, 0.5) is 0 Å². The number of aryl methyl sites for hydroxylation is 1. The fraction of sp³-hybridized carbons (Fsp3) is 0.545. The van der Waals surface area contributed by atoms with Crippen molar-refractivity contribution in [1.82, 2.24) is 0 Å². The number of unbranched alkanes of at least 4 members (excludes halogenated alkanes) is 9. The quantitative estimate of drug-likeness (QED) is 0.0834. The number of thiocarbonyl (C=S) groups is 1. The molecule has 35 heavy (non-hydrogen) atoms. The van der Waals surface area contributed by atoms with Crippen LogP contribution in [0, 0.1) is 5.92 Å². The molecule has 2 aromatic carbocycles. The predicted molar refractivity (Wildman–Crippen MR) is 159 cm³/mol. The van der Waals surface area contributed by atoms with E-state index >= 15 is 0 Å². The maximum Gasteiger partial charge on any atom is 0.126 e. The van der Waals surface area contributed by atoms with Crippen LogP contribution in [0.5, 0.6) is 5.75 Å². The number of para-hydroxylation sites is 1. The summed E-state index contributed by atoms with van der Waals surface area (Å²) < 4.78 is 6.12. The van der Waals surface area contributed by atoms with Gasteiger partial charge >= 0.3 is 0 Å². The third-order valence-corrected chi connectivity index (χ3v) is 6.95. The molecule has 2 rings (SSSR count). The van der Waals surface area contributed by atoms with Crippen LogP contribution < -0.4 is 4.74 Å². The van der Waals surface area contributed by atoms with E-state index in [0.717, 1.165) is 47.1 Å². The normalized spacial score (nSPS) is 11.4. The summed E-state index contributed by atoms with van der Waals surface area (Å²) in [5.41, 5.74) is 3.59. The van der Waals surface area contributed by atoms with Crippen molar-refractivity contribution in [2.45, 2.75) is 104 Å². The molecule has 0 heterocycles. The Morgan fingerprint density at radius 1 is 0.800 bits per heavy atom. The SMILES string of the molecule is CCCCCCCCCCCCOc1ccccc1C=CC(=S)c1ccc(CCCC(C)C)cc1. The van der Waals surface area contributed by atoms with Crippen molar-refractivity contribution in [1.29, 1.82) is 0 Å². The molecule has 0 radical (unpaired) electrons. The Bertz CT molecular complexity index is 850. The van der Waals surface area contributed by atoms with Crippen molar-refractivity contribution < 1.29 is 4.74 Å². The molecule has 0 saturated heterocycles. The minimum atomic E-state index is 0.772. The highest BCUT2D eigenvalue weighted by Gasteiger charge is 2.03. The average molecular weight is 493 g/mol. The zero-order valence-corrected chi connectivity index (χ0v) is 23.4. The number of hydrogen-bond acceptors (Lipinski definition) is 2. The summed E-state index contributed by atoms with van der Waals surface area (Å²) in [5, 5.41) is 0. The van der Waals surface area contributed by atoms with E-state index in [1.807, 2.05) is 12.1 Å². The van der Waals surface area contributed by atoms with Crippen LogP contribution in [0.15, 0.2) is 54.6 Å². The highest BCUT2D eigenvalue weighted by molar-refractivity contribution is 7.81. The first kappa shape index (κ1) is 29.3. The summed E-state index contributed by atoms with van der Waals surface area (Å²) in [6, 6.07) is 17.0. The third-order valence-electron chi connectivity index (χ3n) is 6.57. The fourth-order valence-electron chi connectivity index (χ4n) is 4.33. The molecule has 0 aliphatic rings. The van der Waals surface area contributed by atoms with Crippen molar-refractivity contribution in [2.75, 3.05) is 6.61 Å². The van der Waals surface area contributed by atoms with Crippen molar-refractivity contribution in [3.8, 4) is 5.75 Å². The number of benzene rings is 2. The van der Waals surface area contributed by atoms with Crippen LogP contribution in [-0.2, 0) is 6.42 Å². The van der Waals surface area contributed by atoms with Gasteiger partial charge < -0.3 is 4.74 Å². The van der Waals surface area contributed by atoms with Gasteiger partial charge in [-0.2, -0.15) is 0 Å². The number of rotatable bonds is 19. The molecule has 0 aliphatic heterocycles. The second-order valence-corrected chi connectivity index (χ2v) is 10.7. The molecule has 0 amide bonds. The van der Waals surface area contributed by atoms with Crippen molar-refractivity contribution in [3.63, 3.8) is 0 Å². The summed E-state index contributed by atoms with van der Waals surface area (Å²) in [6.07, 6.45) is 21.2. The monoisotopic (exact) mass is 492 g/mol. The molecular formula is C33H48OS. The van der Waals surface area contributed by atoms with Gasteiger partial charge in [0.15, 0.2) is 0 Å². The summed E-state index contributed by atoms with van der Waals surface area (Å²) in [5.74, 6) is 1.72. The zero-order valence-electron chi connectivity index (χ0n) is 22.6. The minimum Gasteiger partial charge on any atom is -0.493 e. The fourth-order valence-corrected chi connectivity index (χ4v) is 4.54. The molecule has 0 spiro atoms. The van der Waals surface area contributed by atoms with Crippen LogP contribution in [-0.4, -0.2) is 11.5 Å². The second kappa shape index (κ2) is 18.4. The lowest BCUT2D eigenvalue weighted by atomic mass is 10.0. The molecule has 2 aromatic rings. The molecule has 192 valence electrons. The van der Waals surface area contributed by atoms with Gasteiger partial charge in [0, 0.05) is 10.4 Å². The summed E-state index contributed by atoms with van der Waals surface area (Å²) in [4.78, 5) is 0.864. The van der Waals surface area contributed by atoms with Crippen LogP contribution in [0.3, 0.4) is 0 Å². The topological polar surface area (TPSA) is 9.23 Å². The molecular weight excluding hydrogens is 444 g/mol. The lowest BCUT2D eigenvalue weighted by molar-refractivity contribution is 0.303. The van der Waals surface area contributed by atoms with Gasteiger partial charge in [0.1, 0.15) is 5.75 Å². The summed E-state index contributed by atoms with van der Waals surface area (Å²) in [7, 11) is 0. The van der Waals surface area contributed by atoms with Crippen LogP contribution in [0.25, 0.3) is 6.08 Å². The maximum atomic E-state index is 6.12. The Morgan fingerprint density at radius 2 is 1.43 bits per heavy atom. The first-order chi connectivity index (χ1) is 17.1. The van der Waals surface area contributed by atoms with Crippen molar-refractivity contribution in [3.05, 3.63) is 71.3 Å². The number of hydrogen-bond donors (Lipinski definition) is 0. The predicted octanol–water partition coefficient (Wildman–Crippen LogP) is 10.4. The van der Waals surface area contributed by atoms with E-state index in [0.29, 0.717) is 0 Å². The Labute approximate surface area is 221 Å². The molecule has 0 fully saturated rings. The summed E-state index contributed by atoms with van der Waals surface area (Å²) in [6.45, 7) is 7.63. The zero-order chi connectivity index (χ0) is 25.1. The van der Waals surface area contributed by atoms with E-state index in [-0.39, 0.29) is 0 Å². The smallest absolute Gasteiger partial charge is 0.126 e. The molecule has 1 nitrogen and oxygen atoms in total. The molecule has 0 unspecified atom stereocenters. The molecule has 0 bridgehead atoms. The van der Waals surface area contributed by atoms with E-state index in [1.54, 1.807) is 0 Å². The largest absolute Gasteiger partial charge is 0.493 e. The molecule has 0 N–H and O–H groups in total. The van der Waals surface area contributed by atoms with Crippen LogP contribution >= 0.6 is 12.2 Å². The van der Waals surface area contributed by atoms with Gasteiger partial charge in [0.2, 0.25) is 0 Å². The van der Waals surface area contributed by atoms with Crippen LogP contribution in [0.1, 0.15) is 115 Å². The lowest BCUT2D eigenvalue weighted by Crippen LogP contribution is -1.99. The van der Waals surface area contributed by atoms with E-state index in [9.17, 15) is 0 Å². The Kier molecular flexibility index (Phi) is 15.4. The maximum absolute atomic E-state index is 6.12. The van der Waals surface area contributed by atoms with E-state index in [4.69, 9.17) is 17.0 Å². The van der Waals surface area contributed by atoms with Gasteiger partial charge in [0.05, 0.1) is 6.61 Å². The van der Waals surface area contributed by atoms with E-state index in [1.165, 1.54) is 76.2 Å². The van der Waals surface area contributed by atoms with Gasteiger partial charge in [-0.3, -0.25) is 0 Å². The van der Waals surface area contributed by atoms with Gasteiger partial charge in [-0.05, 0) is 54.5 Å². The Hall–Kier alpha value is -1.93. The third kappa shape index (κ3) is 13.1. The molecule has 0 aromatic heterocycles. The number of ether oxygens (including phenoxy) is 1. The Morgan fingerprint density at radius 3 is 2.09 bits per heavy atom. The van der Waals surface area contributed by atoms with Crippen LogP contribution in [0.2, 0.25) is 0 Å². The molecule has 2 heteroatoms. The lowest BCUT2D eigenvalue weighted by Gasteiger charge is -2.09. The average Bonchev–Trinajstić information content (AvgIpc) is 2.86. The highest BCUT2D eigenvalue weighted by Crippen LogP contribution is 2.21. The highest BCUT2D eigenvalue weighted by atomic mass is 32.1. The van der Waals surface area contributed by atoms with E-state index < -0.39 is 0 Å². The van der Waals surface area contributed by atoms with Crippen molar-refractivity contribution in [2.24, 2.45) is 5.92 Å². The van der Waals surface area contributed by atoms with Crippen molar-refractivity contribution >= 4 is 23.2 Å². The second-order valence-electron chi connectivity index (χ2n) is 10.2.